The first-order valence-corrected chi connectivity index (χ1v) is 10.3. The molecule has 0 heterocycles. The van der Waals surface area contributed by atoms with Crippen LogP contribution in [0.15, 0.2) is 88.1 Å². The van der Waals surface area contributed by atoms with Crippen LogP contribution >= 0.6 is 15.9 Å². The van der Waals surface area contributed by atoms with Crippen molar-refractivity contribution in [2.75, 3.05) is 7.11 Å². The number of halogens is 1. The predicted octanol–water partition coefficient (Wildman–Crippen LogP) is 4.08. The summed E-state index contributed by atoms with van der Waals surface area (Å²) in [6.07, 6.45) is 2.95. The Balaban J connectivity index is 1.79. The Labute approximate surface area is 193 Å². The van der Waals surface area contributed by atoms with Crippen LogP contribution in [0.5, 0.6) is 11.5 Å². The molecule has 0 unspecified atom stereocenters. The van der Waals surface area contributed by atoms with Crippen molar-refractivity contribution in [3.8, 4) is 11.5 Å². The Bertz CT molecular complexity index is 1160. The van der Waals surface area contributed by atoms with Crippen LogP contribution in [0.2, 0.25) is 0 Å². The van der Waals surface area contributed by atoms with E-state index in [1.807, 2.05) is 30.3 Å². The fourth-order valence-corrected chi connectivity index (χ4v) is 3.17. The first kappa shape index (κ1) is 22.8. The molecule has 0 spiro atoms. The van der Waals surface area contributed by atoms with Crippen molar-refractivity contribution < 1.29 is 19.4 Å². The molecule has 0 fully saturated rings. The third-order valence-electron chi connectivity index (χ3n) is 4.29. The number of benzene rings is 3. The Hall–Kier alpha value is -3.91. The Morgan fingerprint density at radius 1 is 1.00 bits per heavy atom. The molecule has 0 saturated carbocycles. The van der Waals surface area contributed by atoms with E-state index in [9.17, 15) is 14.7 Å². The third-order valence-corrected chi connectivity index (χ3v) is 4.89. The number of phenols is 1. The second-order valence-corrected chi connectivity index (χ2v) is 7.40. The molecule has 3 aromatic carbocycles. The SMILES string of the molecule is COc1cc(/C=N/NC(=O)/C(=C\c2ccccc2)NC(=O)c2ccccc2)cc(Br)c1O. The van der Waals surface area contributed by atoms with Crippen molar-refractivity contribution in [1.29, 1.82) is 0 Å². The molecule has 2 amide bonds. The molecule has 0 aliphatic heterocycles. The maximum atomic E-state index is 12.8. The molecule has 3 rings (SSSR count). The standard InChI is InChI=1S/C24H20BrN3O4/c1-32-21-14-17(12-19(25)22(21)29)15-26-28-24(31)20(13-16-8-4-2-5-9-16)27-23(30)18-10-6-3-7-11-18/h2-15,29H,1H3,(H,27,30)(H,28,31)/b20-13+,26-15+. The van der Waals surface area contributed by atoms with Gasteiger partial charge >= 0.3 is 0 Å². The maximum absolute atomic E-state index is 12.8. The summed E-state index contributed by atoms with van der Waals surface area (Å²) in [7, 11) is 1.43. The molecule has 0 radical (unpaired) electrons. The second kappa shape index (κ2) is 10.9. The zero-order valence-corrected chi connectivity index (χ0v) is 18.7. The Kier molecular flexibility index (Phi) is 7.77. The predicted molar refractivity (Wildman–Crippen MR) is 126 cm³/mol. The van der Waals surface area contributed by atoms with Gasteiger partial charge in [-0.15, -0.1) is 0 Å². The molecule has 162 valence electrons. The van der Waals surface area contributed by atoms with E-state index >= 15 is 0 Å². The van der Waals surface area contributed by atoms with Crippen LogP contribution in [0.3, 0.4) is 0 Å². The lowest BCUT2D eigenvalue weighted by molar-refractivity contribution is -0.117. The molecular formula is C24H20BrN3O4. The number of amides is 2. The summed E-state index contributed by atoms with van der Waals surface area (Å²) in [6.45, 7) is 0. The molecule has 0 atom stereocenters. The number of nitrogens with zero attached hydrogens (tertiary/aromatic N) is 1. The monoisotopic (exact) mass is 493 g/mol. The summed E-state index contributed by atoms with van der Waals surface area (Å²) in [5, 5.41) is 16.5. The molecule has 0 aliphatic carbocycles. The molecule has 32 heavy (non-hydrogen) atoms. The van der Waals surface area contributed by atoms with Gasteiger partial charge in [0.15, 0.2) is 11.5 Å². The topological polar surface area (TPSA) is 100 Å². The minimum absolute atomic E-state index is 0.0340. The van der Waals surface area contributed by atoms with Gasteiger partial charge in [0.2, 0.25) is 0 Å². The van der Waals surface area contributed by atoms with E-state index in [-0.39, 0.29) is 17.2 Å². The van der Waals surface area contributed by atoms with Crippen LogP contribution in [0, 0.1) is 0 Å². The lowest BCUT2D eigenvalue weighted by Crippen LogP contribution is -2.32. The summed E-state index contributed by atoms with van der Waals surface area (Å²) >= 11 is 3.23. The van der Waals surface area contributed by atoms with Crippen molar-refractivity contribution in [2.45, 2.75) is 0 Å². The number of hydrogen-bond donors (Lipinski definition) is 3. The van der Waals surface area contributed by atoms with Crippen molar-refractivity contribution in [1.82, 2.24) is 10.7 Å². The zero-order chi connectivity index (χ0) is 22.9. The van der Waals surface area contributed by atoms with Crippen molar-refractivity contribution in [3.63, 3.8) is 0 Å². The quantitative estimate of drug-likeness (QED) is 0.262. The molecule has 0 aromatic heterocycles. The van der Waals surface area contributed by atoms with Crippen molar-refractivity contribution in [3.05, 3.63) is 99.7 Å². The fourth-order valence-electron chi connectivity index (χ4n) is 2.71. The number of aromatic hydroxyl groups is 1. The van der Waals surface area contributed by atoms with E-state index in [2.05, 4.69) is 31.8 Å². The van der Waals surface area contributed by atoms with Crippen LogP contribution in [-0.2, 0) is 4.79 Å². The summed E-state index contributed by atoms with van der Waals surface area (Å²) in [5.41, 5.74) is 4.18. The first-order chi connectivity index (χ1) is 15.5. The zero-order valence-electron chi connectivity index (χ0n) is 17.1. The fraction of sp³-hybridized carbons (Fsp3) is 0.0417. The average molecular weight is 494 g/mol. The third kappa shape index (κ3) is 6.05. The van der Waals surface area contributed by atoms with Crippen LogP contribution in [0.1, 0.15) is 21.5 Å². The van der Waals surface area contributed by atoms with Gasteiger partial charge in [0, 0.05) is 5.56 Å². The molecule has 0 bridgehead atoms. The maximum Gasteiger partial charge on any atom is 0.287 e. The van der Waals surface area contributed by atoms with Gasteiger partial charge in [-0.05, 0) is 57.4 Å². The van der Waals surface area contributed by atoms with Gasteiger partial charge in [0.1, 0.15) is 5.70 Å². The van der Waals surface area contributed by atoms with Gasteiger partial charge in [-0.2, -0.15) is 5.10 Å². The highest BCUT2D eigenvalue weighted by molar-refractivity contribution is 9.10. The molecule has 7 nitrogen and oxygen atoms in total. The number of phenolic OH excluding ortho intramolecular Hbond substituents is 1. The summed E-state index contributed by atoms with van der Waals surface area (Å²) in [5.74, 6) is -0.796. The number of nitrogens with one attached hydrogen (secondary N) is 2. The van der Waals surface area contributed by atoms with Gasteiger partial charge in [-0.3, -0.25) is 9.59 Å². The minimum atomic E-state index is -0.598. The highest BCUT2D eigenvalue weighted by Gasteiger charge is 2.14. The van der Waals surface area contributed by atoms with Crippen LogP contribution in [-0.4, -0.2) is 30.2 Å². The molecular weight excluding hydrogens is 474 g/mol. The van der Waals surface area contributed by atoms with Gasteiger partial charge in [0.25, 0.3) is 11.8 Å². The molecule has 0 saturated heterocycles. The highest BCUT2D eigenvalue weighted by atomic mass is 79.9. The van der Waals surface area contributed by atoms with Gasteiger partial charge in [-0.1, -0.05) is 48.5 Å². The van der Waals surface area contributed by atoms with Crippen LogP contribution in [0.4, 0.5) is 0 Å². The van der Waals surface area contributed by atoms with E-state index in [1.165, 1.54) is 13.3 Å². The summed E-state index contributed by atoms with van der Waals surface area (Å²) in [4.78, 5) is 25.3. The number of ether oxygens (including phenoxy) is 1. The highest BCUT2D eigenvalue weighted by Crippen LogP contribution is 2.34. The number of rotatable bonds is 7. The van der Waals surface area contributed by atoms with E-state index < -0.39 is 11.8 Å². The Morgan fingerprint density at radius 2 is 1.66 bits per heavy atom. The van der Waals surface area contributed by atoms with Gasteiger partial charge in [0.05, 0.1) is 17.8 Å². The molecule has 3 N–H and O–H groups in total. The lowest BCUT2D eigenvalue weighted by atomic mass is 10.1. The van der Waals surface area contributed by atoms with Gasteiger partial charge < -0.3 is 15.2 Å². The van der Waals surface area contributed by atoms with Crippen molar-refractivity contribution >= 4 is 40.0 Å². The summed E-state index contributed by atoms with van der Waals surface area (Å²) < 4.78 is 5.52. The number of hydrazone groups is 1. The van der Waals surface area contributed by atoms with Crippen molar-refractivity contribution in [2.24, 2.45) is 5.10 Å². The van der Waals surface area contributed by atoms with E-state index in [4.69, 9.17) is 4.74 Å². The smallest absolute Gasteiger partial charge is 0.287 e. The number of hydrogen-bond acceptors (Lipinski definition) is 5. The number of carbonyl (C=O) groups is 2. The van der Waals surface area contributed by atoms with Crippen LogP contribution < -0.4 is 15.5 Å². The van der Waals surface area contributed by atoms with E-state index in [0.29, 0.717) is 15.6 Å². The number of methoxy groups -OCH3 is 1. The molecule has 8 heteroatoms. The average Bonchev–Trinajstić information content (AvgIpc) is 2.81. The lowest BCUT2D eigenvalue weighted by Gasteiger charge is -2.09. The second-order valence-electron chi connectivity index (χ2n) is 6.54. The normalized spacial score (nSPS) is 11.2. The van der Waals surface area contributed by atoms with E-state index in [0.717, 1.165) is 5.56 Å². The van der Waals surface area contributed by atoms with Crippen LogP contribution in [0.25, 0.3) is 6.08 Å². The van der Waals surface area contributed by atoms with Gasteiger partial charge in [-0.25, -0.2) is 5.43 Å². The minimum Gasteiger partial charge on any atom is -0.503 e. The number of carbonyl (C=O) groups excluding carboxylic acids is 2. The molecule has 3 aromatic rings. The largest absolute Gasteiger partial charge is 0.503 e. The first-order valence-electron chi connectivity index (χ1n) is 9.51. The van der Waals surface area contributed by atoms with E-state index in [1.54, 1.807) is 48.5 Å². The Morgan fingerprint density at radius 3 is 2.31 bits per heavy atom. The molecule has 0 aliphatic rings. The summed E-state index contributed by atoms with van der Waals surface area (Å²) in [6, 6.07) is 20.9.